The van der Waals surface area contributed by atoms with Crippen molar-refractivity contribution in [1.82, 2.24) is 0 Å². The summed E-state index contributed by atoms with van der Waals surface area (Å²) >= 11 is 4.87. The topological polar surface area (TPSA) is 125 Å². The number of hydrogen-bond donors (Lipinski definition) is 2. The smallest absolute Gasteiger partial charge is 0.265 e. The summed E-state index contributed by atoms with van der Waals surface area (Å²) in [6.45, 7) is 2.74. The van der Waals surface area contributed by atoms with Crippen molar-refractivity contribution < 1.29 is 35.2 Å². The number of fused-ring (bicyclic) bond motifs is 2. The molecule has 9 nitrogen and oxygen atoms in total. The molecule has 2 N–H and O–H groups in total. The van der Waals surface area contributed by atoms with Crippen molar-refractivity contribution in [1.29, 1.82) is 0 Å². The number of anilines is 1. The lowest BCUT2D eigenvalue weighted by atomic mass is 10.1. The molecule has 0 spiro atoms. The summed E-state index contributed by atoms with van der Waals surface area (Å²) in [6, 6.07) is 20.3. The molecule has 0 bridgehead atoms. The Kier molecular flexibility index (Phi) is 9.99. The number of benzene rings is 2. The summed E-state index contributed by atoms with van der Waals surface area (Å²) in [6.07, 6.45) is 5.11. The summed E-state index contributed by atoms with van der Waals surface area (Å²) in [4.78, 5) is 4.18. The minimum Gasteiger partial charge on any atom is -0.439 e. The molecule has 14 heteroatoms. The first-order chi connectivity index (χ1) is 22.5. The van der Waals surface area contributed by atoms with E-state index in [1.807, 2.05) is 65.1 Å². The quantitative estimate of drug-likeness (QED) is 0.0932. The third-order valence-electron chi connectivity index (χ3n) is 7.67. The Morgan fingerprint density at radius 1 is 0.894 bits per heavy atom. The lowest BCUT2D eigenvalue weighted by Gasteiger charge is -2.19. The molecule has 0 amide bonds. The van der Waals surface area contributed by atoms with Gasteiger partial charge in [0.25, 0.3) is 25.2 Å². The van der Waals surface area contributed by atoms with E-state index in [1.165, 1.54) is 0 Å². The van der Waals surface area contributed by atoms with E-state index in [0.717, 1.165) is 47.4 Å². The molecule has 47 heavy (non-hydrogen) atoms. The highest BCUT2D eigenvalue weighted by Crippen LogP contribution is 2.43. The van der Waals surface area contributed by atoms with Crippen LogP contribution in [-0.4, -0.2) is 44.0 Å². The maximum Gasteiger partial charge on any atom is 0.265 e. The molecule has 1 aliphatic heterocycles. The van der Waals surface area contributed by atoms with Crippen LogP contribution < -0.4 is 14.2 Å². The van der Waals surface area contributed by atoms with Crippen molar-refractivity contribution in [2.45, 2.75) is 32.7 Å². The second-order valence-electron chi connectivity index (χ2n) is 11.0. The molecule has 246 valence electrons. The molecule has 0 atom stereocenters. The largest absolute Gasteiger partial charge is 0.439 e. The Morgan fingerprint density at radius 3 is 2.19 bits per heavy atom. The number of rotatable bonds is 13. The molecule has 6 rings (SSSR count). The Hall–Kier alpha value is -3.37. The van der Waals surface area contributed by atoms with E-state index in [1.54, 1.807) is 34.0 Å². The molecule has 3 aromatic heterocycles. The predicted octanol–water partition coefficient (Wildman–Crippen LogP) is 7.74. The summed E-state index contributed by atoms with van der Waals surface area (Å²) in [7, 11) is -8.23. The minimum absolute atomic E-state index is 0.198. The van der Waals surface area contributed by atoms with E-state index in [4.69, 9.17) is 4.74 Å². The van der Waals surface area contributed by atoms with E-state index in [0.29, 0.717) is 31.1 Å². The van der Waals surface area contributed by atoms with Crippen molar-refractivity contribution in [3.63, 3.8) is 0 Å². The van der Waals surface area contributed by atoms with Gasteiger partial charge in [0.15, 0.2) is 12.3 Å². The highest BCUT2D eigenvalue weighted by molar-refractivity contribution is 7.86. The van der Waals surface area contributed by atoms with Crippen LogP contribution in [0.25, 0.3) is 37.2 Å². The number of nitrogens with zero attached hydrogens (tertiary/aromatic N) is 2. The Balaban J connectivity index is 1.38. The van der Waals surface area contributed by atoms with Gasteiger partial charge in [-0.05, 0) is 76.7 Å². The van der Waals surface area contributed by atoms with Crippen LogP contribution in [0.15, 0.2) is 89.0 Å². The first-order valence-corrected chi connectivity index (χ1v) is 20.7. The van der Waals surface area contributed by atoms with Gasteiger partial charge < -0.3 is 9.64 Å². The molecule has 0 unspecified atom stereocenters. The number of hydrogen-bond acceptors (Lipinski definition) is 9. The average Bonchev–Trinajstić information content (AvgIpc) is 3.83. The van der Waals surface area contributed by atoms with Crippen LogP contribution in [0.4, 0.5) is 5.69 Å². The zero-order valence-electron chi connectivity index (χ0n) is 25.4. The van der Waals surface area contributed by atoms with Crippen molar-refractivity contribution >= 4 is 76.2 Å². The molecule has 1 aliphatic rings. The summed E-state index contributed by atoms with van der Waals surface area (Å²) in [5, 5.41) is 4.96. The number of allylic oxidation sites excluding steroid dienone is 2. The van der Waals surface area contributed by atoms with Crippen LogP contribution in [0.3, 0.4) is 0 Å². The number of aromatic nitrogens is 1. The maximum atomic E-state index is 11.5. The monoisotopic (exact) mass is 729 g/mol. The zero-order chi connectivity index (χ0) is 33.2. The molecule has 0 fully saturated rings. The van der Waals surface area contributed by atoms with Crippen LogP contribution in [0.2, 0.25) is 0 Å². The maximum absolute atomic E-state index is 11.5. The zero-order valence-corrected chi connectivity index (χ0v) is 29.5. The number of ether oxygens (including phenoxy) is 1. The molecule has 0 saturated carbocycles. The van der Waals surface area contributed by atoms with Gasteiger partial charge in [0.05, 0.1) is 17.2 Å². The third kappa shape index (κ3) is 8.20. The summed E-state index contributed by atoms with van der Waals surface area (Å²) in [5.41, 5.74) is 4.83. The van der Waals surface area contributed by atoms with Crippen LogP contribution in [-0.2, 0) is 26.8 Å². The predicted molar refractivity (Wildman–Crippen MR) is 191 cm³/mol. The van der Waals surface area contributed by atoms with Crippen molar-refractivity contribution in [3.05, 3.63) is 94.0 Å². The fourth-order valence-corrected chi connectivity index (χ4v) is 9.02. The van der Waals surface area contributed by atoms with Gasteiger partial charge in [0.1, 0.15) is 4.70 Å². The second kappa shape index (κ2) is 14.0. The normalized spacial score (nSPS) is 14.7. The molecule has 0 aliphatic carbocycles. The lowest BCUT2D eigenvalue weighted by molar-refractivity contribution is -0.668. The van der Waals surface area contributed by atoms with Crippen molar-refractivity contribution in [2.75, 3.05) is 23.0 Å². The van der Waals surface area contributed by atoms with E-state index in [-0.39, 0.29) is 24.3 Å². The van der Waals surface area contributed by atoms with Gasteiger partial charge in [-0.2, -0.15) is 21.4 Å². The second-order valence-corrected chi connectivity index (χ2v) is 17.1. The molecular formula is C33H33N2O7S5+. The molecule has 0 saturated heterocycles. The molecule has 0 radical (unpaired) electrons. The first kappa shape index (κ1) is 33.5. The molecule has 2 aromatic carbocycles. The number of thiophene rings is 2. The fourth-order valence-electron chi connectivity index (χ4n) is 5.44. The van der Waals surface area contributed by atoms with Crippen molar-refractivity contribution in [2.24, 2.45) is 0 Å². The third-order valence-corrected chi connectivity index (χ3v) is 12.2. The van der Waals surface area contributed by atoms with Crippen LogP contribution in [0.5, 0.6) is 5.75 Å². The summed E-state index contributed by atoms with van der Waals surface area (Å²) in [5.74, 6) is 0.493. The highest BCUT2D eigenvalue weighted by atomic mass is 32.2. The van der Waals surface area contributed by atoms with Gasteiger partial charge in [-0.1, -0.05) is 36.5 Å². The lowest BCUT2D eigenvalue weighted by Crippen LogP contribution is -2.36. The van der Waals surface area contributed by atoms with Gasteiger partial charge in [-0.25, -0.2) is 0 Å². The molecular weight excluding hydrogens is 697 g/mol. The van der Waals surface area contributed by atoms with E-state index >= 15 is 0 Å². The first-order valence-electron chi connectivity index (χ1n) is 14.9. The van der Waals surface area contributed by atoms with Crippen LogP contribution in [0, 0.1) is 0 Å². The number of thiazole rings is 1. The highest BCUT2D eigenvalue weighted by Gasteiger charge is 2.28. The van der Waals surface area contributed by atoms with Gasteiger partial charge in [0.2, 0.25) is 11.4 Å². The minimum atomic E-state index is -4.13. The van der Waals surface area contributed by atoms with E-state index in [2.05, 4.69) is 34.9 Å². The molecule has 5 aromatic rings. The van der Waals surface area contributed by atoms with Gasteiger partial charge in [0, 0.05) is 40.9 Å². The number of aryl methyl sites for hydroxylation is 1. The van der Waals surface area contributed by atoms with Gasteiger partial charge >= 0.3 is 0 Å². The fraction of sp³-hybridized carbons (Fsp3) is 0.242. The SMILES string of the molecule is CCC(=Cc1sc2ccc(-c3cccs3)cc2[n+]1CCCS(=O)(=O)O)C=C1Oc2ccc(-c3cccs3)cc2N1CCCS(=O)(=O)O. The Morgan fingerprint density at radius 2 is 1.55 bits per heavy atom. The Labute approximate surface area is 286 Å². The van der Waals surface area contributed by atoms with Gasteiger partial charge in [-0.15, -0.1) is 22.7 Å². The van der Waals surface area contributed by atoms with Crippen LogP contribution >= 0.6 is 34.0 Å². The van der Waals surface area contributed by atoms with E-state index in [9.17, 15) is 25.9 Å². The standard InChI is InChI=1S/C33H32N2O7S5/c1-2-23(19-32-34(13-5-17-46(36,37)38)26-21-24(9-11-28(26)42-32)29-7-3-15-43-29)20-33-35(14-6-18-47(39,40)41)27-22-25(10-12-31(27)45-33)30-8-4-16-44-30/h3-4,7-12,15-16,19-22H,2,5-6,13-14,17-18H2,1H3,(H-,36,37,38,39,40,41)/p+1. The molecule has 4 heterocycles. The summed E-state index contributed by atoms with van der Waals surface area (Å²) < 4.78 is 74.4. The average molecular weight is 730 g/mol. The van der Waals surface area contributed by atoms with E-state index < -0.39 is 20.2 Å². The Bertz CT molecular complexity index is 2170. The van der Waals surface area contributed by atoms with Gasteiger partial charge in [-0.3, -0.25) is 9.11 Å². The van der Waals surface area contributed by atoms with Crippen LogP contribution in [0.1, 0.15) is 31.2 Å². The van der Waals surface area contributed by atoms with Crippen molar-refractivity contribution in [3.8, 4) is 26.6 Å².